The molecule has 0 bridgehead atoms. The molecule has 2 N–H and O–H groups in total. The average Bonchev–Trinajstić information content (AvgIpc) is 2.34. The van der Waals surface area contributed by atoms with Gasteiger partial charge in [0.15, 0.2) is 5.82 Å². The van der Waals surface area contributed by atoms with Crippen molar-refractivity contribution in [1.82, 2.24) is 9.55 Å². The highest BCUT2D eigenvalue weighted by Gasteiger charge is 2.27. The van der Waals surface area contributed by atoms with Gasteiger partial charge >= 0.3 is 0 Å². The average molecular weight is 236 g/mol. The summed E-state index contributed by atoms with van der Waals surface area (Å²) in [5.41, 5.74) is 6.04. The van der Waals surface area contributed by atoms with E-state index in [2.05, 4.69) is 16.8 Å². The summed E-state index contributed by atoms with van der Waals surface area (Å²) in [6.45, 7) is 3.80. The molecular weight excluding hydrogens is 216 g/mol. The molecule has 0 aromatic carbocycles. The van der Waals surface area contributed by atoms with E-state index in [0.29, 0.717) is 11.7 Å². The molecule has 1 aliphatic heterocycles. The smallest absolute Gasteiger partial charge is 0.293 e. The fraction of sp³-hybridized carbons (Fsp3) is 0.667. The lowest BCUT2D eigenvalue weighted by Gasteiger charge is -2.36. The predicted octanol–water partition coefficient (Wildman–Crippen LogP) is 0.344. The van der Waals surface area contributed by atoms with Gasteiger partial charge in [-0.05, 0) is 12.3 Å². The van der Waals surface area contributed by atoms with Gasteiger partial charge in [0, 0.05) is 38.6 Å². The van der Waals surface area contributed by atoms with E-state index in [0.717, 1.165) is 25.9 Å². The van der Waals surface area contributed by atoms with Crippen LogP contribution < -0.4 is 16.2 Å². The molecule has 1 saturated heterocycles. The number of anilines is 1. The summed E-state index contributed by atoms with van der Waals surface area (Å²) in [6.07, 6.45) is 5.33. The van der Waals surface area contributed by atoms with E-state index in [9.17, 15) is 4.79 Å². The Kier molecular flexibility index (Phi) is 3.47. The monoisotopic (exact) mass is 236 g/mol. The summed E-state index contributed by atoms with van der Waals surface area (Å²) in [7, 11) is 1.75. The summed E-state index contributed by atoms with van der Waals surface area (Å²) >= 11 is 0. The minimum Gasteiger partial charge on any atom is -0.352 e. The summed E-state index contributed by atoms with van der Waals surface area (Å²) < 4.78 is 1.57. The number of hydrogen-bond acceptors (Lipinski definition) is 4. The Morgan fingerprint density at radius 3 is 3.06 bits per heavy atom. The summed E-state index contributed by atoms with van der Waals surface area (Å²) in [4.78, 5) is 18.2. The molecule has 17 heavy (non-hydrogen) atoms. The van der Waals surface area contributed by atoms with E-state index in [4.69, 9.17) is 5.73 Å². The van der Waals surface area contributed by atoms with E-state index < -0.39 is 0 Å². The van der Waals surface area contributed by atoms with Crippen LogP contribution in [0.1, 0.15) is 19.8 Å². The first-order chi connectivity index (χ1) is 8.13. The highest BCUT2D eigenvalue weighted by atomic mass is 16.1. The molecule has 0 aliphatic carbocycles. The molecule has 1 aromatic heterocycles. The van der Waals surface area contributed by atoms with Crippen molar-refractivity contribution in [2.45, 2.75) is 25.8 Å². The van der Waals surface area contributed by atoms with E-state index in [1.54, 1.807) is 24.0 Å². The van der Waals surface area contributed by atoms with E-state index >= 15 is 0 Å². The van der Waals surface area contributed by atoms with Crippen molar-refractivity contribution >= 4 is 5.82 Å². The number of hydrogen-bond donors (Lipinski definition) is 1. The zero-order valence-electron chi connectivity index (χ0n) is 10.5. The van der Waals surface area contributed by atoms with Crippen molar-refractivity contribution in [3.8, 4) is 0 Å². The molecule has 0 saturated carbocycles. The first-order valence-electron chi connectivity index (χ1n) is 6.15. The number of nitrogens with two attached hydrogens (primary N) is 1. The quantitative estimate of drug-likeness (QED) is 0.804. The van der Waals surface area contributed by atoms with Crippen molar-refractivity contribution < 1.29 is 0 Å². The number of rotatable bonds is 2. The first kappa shape index (κ1) is 12.1. The van der Waals surface area contributed by atoms with Crippen LogP contribution in [0.5, 0.6) is 0 Å². The van der Waals surface area contributed by atoms with Crippen LogP contribution in [0.3, 0.4) is 0 Å². The minimum atomic E-state index is -0.0298. The van der Waals surface area contributed by atoms with Crippen molar-refractivity contribution in [3.05, 3.63) is 22.7 Å². The van der Waals surface area contributed by atoms with Gasteiger partial charge in [0.2, 0.25) is 0 Å². The van der Waals surface area contributed by atoms with E-state index in [-0.39, 0.29) is 11.6 Å². The fourth-order valence-electron chi connectivity index (χ4n) is 2.38. The van der Waals surface area contributed by atoms with Crippen LogP contribution in [-0.4, -0.2) is 28.7 Å². The zero-order valence-corrected chi connectivity index (χ0v) is 10.5. The van der Waals surface area contributed by atoms with Crippen LogP contribution in [-0.2, 0) is 7.05 Å². The third-order valence-corrected chi connectivity index (χ3v) is 3.62. The van der Waals surface area contributed by atoms with Gasteiger partial charge in [0.1, 0.15) is 0 Å². The van der Waals surface area contributed by atoms with Gasteiger partial charge in [-0.25, -0.2) is 4.98 Å². The van der Waals surface area contributed by atoms with Crippen LogP contribution >= 0.6 is 0 Å². The zero-order chi connectivity index (χ0) is 12.4. The number of aromatic nitrogens is 2. The third-order valence-electron chi connectivity index (χ3n) is 3.62. The number of piperidine rings is 1. The standard InChI is InChI=1S/C12H20N4O/c1-3-9-8-16(6-4-10(9)13)11-12(17)15(2)7-5-14-11/h5,7,9-10H,3-4,6,8,13H2,1-2H3. The minimum absolute atomic E-state index is 0.0298. The van der Waals surface area contributed by atoms with Crippen molar-refractivity contribution in [1.29, 1.82) is 0 Å². The molecule has 0 radical (unpaired) electrons. The lowest BCUT2D eigenvalue weighted by atomic mass is 9.91. The lowest BCUT2D eigenvalue weighted by molar-refractivity contribution is 0.346. The SMILES string of the molecule is CCC1CN(c2nccn(C)c2=O)CCC1N. The van der Waals surface area contributed by atoms with Crippen molar-refractivity contribution in [2.24, 2.45) is 18.7 Å². The van der Waals surface area contributed by atoms with Crippen molar-refractivity contribution in [2.75, 3.05) is 18.0 Å². The maximum Gasteiger partial charge on any atom is 0.293 e. The molecule has 2 rings (SSSR count). The molecule has 1 fully saturated rings. The first-order valence-corrected chi connectivity index (χ1v) is 6.15. The fourth-order valence-corrected chi connectivity index (χ4v) is 2.38. The summed E-state index contributed by atoms with van der Waals surface area (Å²) in [5.74, 6) is 1.01. The van der Waals surface area contributed by atoms with Gasteiger partial charge in [-0.1, -0.05) is 13.3 Å². The Hall–Kier alpha value is -1.36. The molecule has 1 aliphatic rings. The highest BCUT2D eigenvalue weighted by Crippen LogP contribution is 2.20. The Morgan fingerprint density at radius 2 is 2.35 bits per heavy atom. The molecule has 94 valence electrons. The van der Waals surface area contributed by atoms with Gasteiger partial charge in [-0.3, -0.25) is 4.79 Å². The summed E-state index contributed by atoms with van der Waals surface area (Å²) in [5, 5.41) is 0. The maximum absolute atomic E-state index is 12.0. The summed E-state index contributed by atoms with van der Waals surface area (Å²) in [6, 6.07) is 0.254. The second kappa shape index (κ2) is 4.87. The van der Waals surface area contributed by atoms with Crippen LogP contribution in [0, 0.1) is 5.92 Å². The molecule has 5 nitrogen and oxygen atoms in total. The molecule has 5 heteroatoms. The van der Waals surface area contributed by atoms with E-state index in [1.807, 2.05) is 0 Å². The normalized spacial score (nSPS) is 25.0. The number of nitrogens with zero attached hydrogens (tertiary/aromatic N) is 3. The predicted molar refractivity (Wildman–Crippen MR) is 68.1 cm³/mol. The van der Waals surface area contributed by atoms with Gasteiger partial charge in [-0.2, -0.15) is 0 Å². The van der Waals surface area contributed by atoms with Crippen molar-refractivity contribution in [3.63, 3.8) is 0 Å². The van der Waals surface area contributed by atoms with Gasteiger partial charge in [0.25, 0.3) is 5.56 Å². The van der Waals surface area contributed by atoms with Gasteiger partial charge in [-0.15, -0.1) is 0 Å². The molecule has 2 unspecified atom stereocenters. The van der Waals surface area contributed by atoms with Gasteiger partial charge in [0.05, 0.1) is 0 Å². The molecule has 2 atom stereocenters. The second-order valence-corrected chi connectivity index (χ2v) is 4.73. The lowest BCUT2D eigenvalue weighted by Crippen LogP contribution is -2.48. The topological polar surface area (TPSA) is 64.2 Å². The Morgan fingerprint density at radius 1 is 1.59 bits per heavy atom. The second-order valence-electron chi connectivity index (χ2n) is 4.73. The molecule has 0 amide bonds. The van der Waals surface area contributed by atoms with Crippen LogP contribution in [0.2, 0.25) is 0 Å². The Labute approximate surface area is 101 Å². The maximum atomic E-state index is 12.0. The number of aryl methyl sites for hydroxylation is 1. The molecule has 0 spiro atoms. The van der Waals surface area contributed by atoms with Crippen LogP contribution in [0.15, 0.2) is 17.2 Å². The molecule has 2 heterocycles. The highest BCUT2D eigenvalue weighted by molar-refractivity contribution is 5.36. The van der Waals surface area contributed by atoms with E-state index in [1.165, 1.54) is 0 Å². The molecule has 1 aromatic rings. The van der Waals surface area contributed by atoms with Gasteiger partial charge < -0.3 is 15.2 Å². The largest absolute Gasteiger partial charge is 0.352 e. The van der Waals surface area contributed by atoms with Crippen LogP contribution in [0.4, 0.5) is 5.82 Å². The third kappa shape index (κ3) is 2.34. The van der Waals surface area contributed by atoms with Crippen LogP contribution in [0.25, 0.3) is 0 Å². The Bertz CT molecular complexity index is 442. The molecular formula is C12H20N4O. The Balaban J connectivity index is 2.23.